The van der Waals surface area contributed by atoms with Gasteiger partial charge < -0.3 is 10.1 Å². The monoisotopic (exact) mass is 496 g/mol. The number of aromatic nitrogens is 1. The zero-order valence-corrected chi connectivity index (χ0v) is 21.6. The minimum atomic E-state index is -0.139. The van der Waals surface area contributed by atoms with E-state index in [9.17, 15) is 9.59 Å². The van der Waals surface area contributed by atoms with Crippen molar-refractivity contribution in [2.75, 3.05) is 30.4 Å². The predicted molar refractivity (Wildman–Crippen MR) is 138 cm³/mol. The first-order valence-electron chi connectivity index (χ1n) is 11.4. The van der Waals surface area contributed by atoms with Gasteiger partial charge in [0.25, 0.3) is 0 Å². The van der Waals surface area contributed by atoms with E-state index in [-0.39, 0.29) is 17.6 Å². The van der Waals surface area contributed by atoms with Crippen LogP contribution in [0.1, 0.15) is 46.0 Å². The maximum absolute atomic E-state index is 12.8. The van der Waals surface area contributed by atoms with E-state index < -0.39 is 0 Å². The second kappa shape index (κ2) is 16.6. The zero-order chi connectivity index (χ0) is 23.0. The van der Waals surface area contributed by atoms with Gasteiger partial charge in [-0.15, -0.1) is 0 Å². The molecule has 178 valence electrons. The van der Waals surface area contributed by atoms with Crippen LogP contribution in [0, 0.1) is 11.8 Å². The number of nitrogens with zero attached hydrogens (tertiary/aromatic N) is 1. The standard InChI is InChI=1S/C24H36N2O3S3/c1-19(2)16-21(27)9-7-8-20(17-30-18-22-10-4-6-14-29-22)24(28)26-13-15-31-32-23-11-3-5-12-25-23/h3,5,7,9,11-12,19-20,22H,4,6,8,10,13-18H2,1-2H3,(H,26,28)/b9-7+/t20-,22?/m1/s1. The van der Waals surface area contributed by atoms with Gasteiger partial charge in [-0.1, -0.05) is 36.8 Å². The molecule has 1 amide bonds. The number of nitrogens with one attached hydrogen (secondary N) is 1. The minimum absolute atomic E-state index is 0.0615. The van der Waals surface area contributed by atoms with Crippen molar-refractivity contribution in [3.63, 3.8) is 0 Å². The van der Waals surface area contributed by atoms with E-state index in [2.05, 4.69) is 10.3 Å². The summed E-state index contributed by atoms with van der Waals surface area (Å²) in [5.74, 6) is 2.88. The molecule has 2 atom stereocenters. The van der Waals surface area contributed by atoms with Gasteiger partial charge in [0, 0.05) is 43.0 Å². The third kappa shape index (κ3) is 12.3. The Morgan fingerprint density at radius 3 is 2.91 bits per heavy atom. The highest BCUT2D eigenvalue weighted by Gasteiger charge is 2.19. The molecule has 2 rings (SSSR count). The number of ether oxygens (including phenoxy) is 1. The Labute approximate surface area is 205 Å². The summed E-state index contributed by atoms with van der Waals surface area (Å²) >= 11 is 1.78. The molecule has 0 aliphatic carbocycles. The van der Waals surface area contributed by atoms with Gasteiger partial charge in [-0.05, 0) is 60.6 Å². The van der Waals surface area contributed by atoms with Gasteiger partial charge in [0.1, 0.15) is 5.03 Å². The molecule has 0 spiro atoms. The minimum Gasteiger partial charge on any atom is -0.377 e. The van der Waals surface area contributed by atoms with Gasteiger partial charge in [0.2, 0.25) is 5.91 Å². The third-order valence-electron chi connectivity index (χ3n) is 4.87. The number of amides is 1. The number of ketones is 1. The van der Waals surface area contributed by atoms with Crippen molar-refractivity contribution in [1.29, 1.82) is 0 Å². The molecule has 1 saturated heterocycles. The van der Waals surface area contributed by atoms with Crippen LogP contribution in [0.15, 0.2) is 41.6 Å². The lowest BCUT2D eigenvalue weighted by atomic mass is 10.0. The molecule has 1 fully saturated rings. The highest BCUT2D eigenvalue weighted by Crippen LogP contribution is 2.28. The van der Waals surface area contributed by atoms with E-state index >= 15 is 0 Å². The van der Waals surface area contributed by atoms with Gasteiger partial charge in [0.05, 0.1) is 12.0 Å². The zero-order valence-electron chi connectivity index (χ0n) is 19.2. The van der Waals surface area contributed by atoms with Crippen molar-refractivity contribution in [2.45, 2.75) is 57.1 Å². The molecule has 1 aromatic rings. The second-order valence-electron chi connectivity index (χ2n) is 8.29. The molecular weight excluding hydrogens is 460 g/mol. The number of carbonyl (C=O) groups is 2. The molecule has 1 aromatic heterocycles. The Balaban J connectivity index is 1.74. The Morgan fingerprint density at radius 1 is 1.31 bits per heavy atom. The summed E-state index contributed by atoms with van der Waals surface area (Å²) in [5, 5.41) is 4.04. The molecule has 2 heterocycles. The van der Waals surface area contributed by atoms with Crippen molar-refractivity contribution in [1.82, 2.24) is 10.3 Å². The quantitative estimate of drug-likeness (QED) is 0.198. The maximum Gasteiger partial charge on any atom is 0.224 e. The van der Waals surface area contributed by atoms with E-state index in [1.807, 2.05) is 38.1 Å². The van der Waals surface area contributed by atoms with Crippen LogP contribution in [0.5, 0.6) is 0 Å². The first kappa shape index (κ1) is 27.3. The Hall–Kier alpha value is -0.960. The van der Waals surface area contributed by atoms with Gasteiger partial charge in [-0.3, -0.25) is 9.59 Å². The summed E-state index contributed by atoms with van der Waals surface area (Å²) in [7, 11) is 3.30. The molecule has 0 aromatic carbocycles. The van der Waals surface area contributed by atoms with Crippen molar-refractivity contribution >= 4 is 45.0 Å². The topological polar surface area (TPSA) is 68.3 Å². The van der Waals surface area contributed by atoms with Crippen LogP contribution in [0.4, 0.5) is 0 Å². The first-order valence-corrected chi connectivity index (χ1v) is 14.9. The van der Waals surface area contributed by atoms with Crippen LogP contribution in [-0.4, -0.2) is 53.2 Å². The molecule has 0 bridgehead atoms. The summed E-state index contributed by atoms with van der Waals surface area (Å²) in [6.07, 6.45) is 10.2. The third-order valence-corrected chi connectivity index (χ3v) is 8.38. The molecule has 0 radical (unpaired) electrons. The Bertz CT molecular complexity index is 695. The number of hydrogen-bond acceptors (Lipinski definition) is 7. The Kier molecular flexibility index (Phi) is 14.2. The summed E-state index contributed by atoms with van der Waals surface area (Å²) in [4.78, 5) is 29.1. The summed E-state index contributed by atoms with van der Waals surface area (Å²) in [6.45, 7) is 5.54. The lowest BCUT2D eigenvalue weighted by Gasteiger charge is -2.23. The largest absolute Gasteiger partial charge is 0.377 e. The number of hydrogen-bond donors (Lipinski definition) is 1. The van der Waals surface area contributed by atoms with Crippen LogP contribution in [-0.2, 0) is 14.3 Å². The second-order valence-corrected chi connectivity index (χ2v) is 11.8. The number of thioether (sulfide) groups is 1. The SMILES string of the molecule is CC(C)CC(=O)/C=C/C[C@H](CSCC1CCCCO1)C(=O)NCCSSc1ccccn1. The average Bonchev–Trinajstić information content (AvgIpc) is 2.78. The van der Waals surface area contributed by atoms with Crippen molar-refractivity contribution in [3.05, 3.63) is 36.5 Å². The van der Waals surface area contributed by atoms with Crippen LogP contribution in [0.3, 0.4) is 0 Å². The fraction of sp³-hybridized carbons (Fsp3) is 0.625. The molecular formula is C24H36N2O3S3. The van der Waals surface area contributed by atoms with E-state index in [1.165, 1.54) is 6.42 Å². The van der Waals surface area contributed by atoms with E-state index in [0.717, 1.165) is 41.7 Å². The molecule has 1 aliphatic heterocycles. The van der Waals surface area contributed by atoms with E-state index in [4.69, 9.17) is 4.74 Å². The molecule has 1 unspecified atom stereocenters. The van der Waals surface area contributed by atoms with Crippen molar-refractivity contribution in [3.8, 4) is 0 Å². The number of carbonyl (C=O) groups excluding carboxylic acids is 2. The molecule has 8 heteroatoms. The molecule has 1 N–H and O–H groups in total. The smallest absolute Gasteiger partial charge is 0.224 e. The normalized spacial score (nSPS) is 17.5. The van der Waals surface area contributed by atoms with Crippen LogP contribution >= 0.6 is 33.3 Å². The lowest BCUT2D eigenvalue weighted by molar-refractivity contribution is -0.124. The van der Waals surface area contributed by atoms with Crippen molar-refractivity contribution < 1.29 is 14.3 Å². The fourth-order valence-electron chi connectivity index (χ4n) is 3.22. The number of allylic oxidation sites excluding steroid dienone is 2. The fourth-order valence-corrected chi connectivity index (χ4v) is 6.24. The van der Waals surface area contributed by atoms with E-state index in [0.29, 0.717) is 31.4 Å². The van der Waals surface area contributed by atoms with Crippen LogP contribution in [0.2, 0.25) is 0 Å². The van der Waals surface area contributed by atoms with Crippen LogP contribution in [0.25, 0.3) is 0 Å². The summed E-state index contributed by atoms with van der Waals surface area (Å²) in [6, 6.07) is 5.85. The van der Waals surface area contributed by atoms with Gasteiger partial charge in [0.15, 0.2) is 5.78 Å². The summed E-state index contributed by atoms with van der Waals surface area (Å²) in [5.41, 5.74) is 0. The Morgan fingerprint density at radius 2 is 2.19 bits per heavy atom. The van der Waals surface area contributed by atoms with Gasteiger partial charge >= 0.3 is 0 Å². The summed E-state index contributed by atoms with van der Waals surface area (Å²) < 4.78 is 5.81. The van der Waals surface area contributed by atoms with Crippen LogP contribution < -0.4 is 5.32 Å². The predicted octanol–water partition coefficient (Wildman–Crippen LogP) is 5.42. The highest BCUT2D eigenvalue weighted by molar-refractivity contribution is 8.76. The number of pyridine rings is 1. The van der Waals surface area contributed by atoms with E-state index in [1.54, 1.807) is 45.6 Å². The molecule has 5 nitrogen and oxygen atoms in total. The first-order chi connectivity index (χ1) is 15.5. The maximum atomic E-state index is 12.8. The molecule has 0 saturated carbocycles. The average molecular weight is 497 g/mol. The lowest BCUT2D eigenvalue weighted by Crippen LogP contribution is -2.33. The molecule has 1 aliphatic rings. The molecule has 32 heavy (non-hydrogen) atoms. The van der Waals surface area contributed by atoms with Gasteiger partial charge in [-0.2, -0.15) is 11.8 Å². The number of rotatable bonds is 15. The highest BCUT2D eigenvalue weighted by atomic mass is 33.1. The van der Waals surface area contributed by atoms with Gasteiger partial charge in [-0.25, -0.2) is 4.98 Å². The van der Waals surface area contributed by atoms with Crippen molar-refractivity contribution in [2.24, 2.45) is 11.8 Å².